The van der Waals surface area contributed by atoms with E-state index in [1.54, 1.807) is 0 Å². The minimum Gasteiger partial charge on any atom is -0.264 e. The average molecular weight is 351 g/mol. The van der Waals surface area contributed by atoms with Gasteiger partial charge in [-0.25, -0.2) is 0 Å². The van der Waals surface area contributed by atoms with E-state index < -0.39 is 10.4 Å². The molecule has 0 amide bonds. The molecule has 0 bridgehead atoms. The normalized spacial score (nSPS) is 10.9. The van der Waals surface area contributed by atoms with Crippen molar-refractivity contribution in [3.63, 3.8) is 0 Å². The smallest absolute Gasteiger partial charge is 0.264 e. The highest BCUT2D eigenvalue weighted by Gasteiger charge is 1.94. The highest BCUT2D eigenvalue weighted by Crippen LogP contribution is 2.12. The second-order valence-electron chi connectivity index (χ2n) is 5.91. The first-order chi connectivity index (χ1) is 11.0. The molecule has 0 unspecified atom stereocenters. The number of hydrogen-bond donors (Lipinski definition) is 1. The van der Waals surface area contributed by atoms with Gasteiger partial charge < -0.3 is 0 Å². The molecule has 140 valence electrons. The number of rotatable bonds is 15. The predicted molar refractivity (Wildman–Crippen MR) is 99.1 cm³/mol. The van der Waals surface area contributed by atoms with Crippen molar-refractivity contribution in [1.82, 2.24) is 0 Å². The standard InChI is InChI=1S/C17H34.CH4O4S/c1-3-5-7-9-11-13-15-17-16-14-12-10-8-6-4-2;1-5-6(2,3)4/h3H,1,4-17H2,2H3;1H3,(H,2,3,4). The van der Waals surface area contributed by atoms with Gasteiger partial charge in [0.15, 0.2) is 0 Å². The van der Waals surface area contributed by atoms with E-state index in [4.69, 9.17) is 4.55 Å². The largest absolute Gasteiger partial charge is 0.397 e. The highest BCUT2D eigenvalue weighted by molar-refractivity contribution is 7.80. The van der Waals surface area contributed by atoms with Crippen LogP contribution in [0.2, 0.25) is 0 Å². The van der Waals surface area contributed by atoms with Crippen molar-refractivity contribution in [2.75, 3.05) is 7.11 Å². The topological polar surface area (TPSA) is 63.6 Å². The van der Waals surface area contributed by atoms with Crippen molar-refractivity contribution in [3.8, 4) is 0 Å². The van der Waals surface area contributed by atoms with Crippen molar-refractivity contribution in [2.45, 2.75) is 96.8 Å². The van der Waals surface area contributed by atoms with Crippen molar-refractivity contribution >= 4 is 10.4 Å². The van der Waals surface area contributed by atoms with Crippen LogP contribution >= 0.6 is 0 Å². The van der Waals surface area contributed by atoms with Gasteiger partial charge in [0.1, 0.15) is 0 Å². The molecule has 5 heteroatoms. The molecule has 0 atom stereocenters. The van der Waals surface area contributed by atoms with Crippen LogP contribution < -0.4 is 0 Å². The number of unbranched alkanes of at least 4 members (excludes halogenated alkanes) is 13. The fourth-order valence-electron chi connectivity index (χ4n) is 2.31. The van der Waals surface area contributed by atoms with Crippen molar-refractivity contribution < 1.29 is 17.2 Å². The Morgan fingerprint density at radius 2 is 1.13 bits per heavy atom. The Morgan fingerprint density at radius 3 is 1.39 bits per heavy atom. The Bertz CT molecular complexity index is 326. The molecule has 0 aromatic carbocycles. The summed E-state index contributed by atoms with van der Waals surface area (Å²) in [7, 11) is -3.29. The average Bonchev–Trinajstić information content (AvgIpc) is 2.52. The molecule has 4 nitrogen and oxygen atoms in total. The molecule has 1 N–H and O–H groups in total. The molecule has 0 aromatic heterocycles. The minimum absolute atomic E-state index is 0.870. The maximum atomic E-state index is 9.33. The third-order valence-corrected chi connectivity index (χ3v) is 4.14. The SMILES string of the molecule is C=CCCCCCCCCCCCCCCC.COS(=O)(=O)O. The second kappa shape index (κ2) is 19.7. The fraction of sp³-hybridized carbons (Fsp3) is 0.889. The van der Waals surface area contributed by atoms with Crippen LogP contribution in [0.1, 0.15) is 96.8 Å². The lowest BCUT2D eigenvalue weighted by Gasteiger charge is -2.02. The third kappa shape index (κ3) is 30.1. The number of allylic oxidation sites excluding steroid dienone is 1. The summed E-state index contributed by atoms with van der Waals surface area (Å²) >= 11 is 0. The first-order valence-electron chi connectivity index (χ1n) is 9.11. The summed E-state index contributed by atoms with van der Waals surface area (Å²) < 4.78 is 29.7. The monoisotopic (exact) mass is 350 g/mol. The van der Waals surface area contributed by atoms with Gasteiger partial charge in [-0.15, -0.1) is 6.58 Å². The van der Waals surface area contributed by atoms with Crippen LogP contribution in [-0.2, 0) is 14.6 Å². The van der Waals surface area contributed by atoms with Crippen molar-refractivity contribution in [1.29, 1.82) is 0 Å². The Morgan fingerprint density at radius 1 is 0.826 bits per heavy atom. The lowest BCUT2D eigenvalue weighted by atomic mass is 10.0. The van der Waals surface area contributed by atoms with E-state index >= 15 is 0 Å². The highest BCUT2D eigenvalue weighted by atomic mass is 32.3. The van der Waals surface area contributed by atoms with Gasteiger partial charge in [0, 0.05) is 0 Å². The molecule has 0 spiro atoms. The summed E-state index contributed by atoms with van der Waals surface area (Å²) in [6, 6.07) is 0. The van der Waals surface area contributed by atoms with Crippen LogP contribution in [-0.4, -0.2) is 20.1 Å². The summed E-state index contributed by atoms with van der Waals surface area (Å²) in [5.41, 5.74) is 0. The maximum Gasteiger partial charge on any atom is 0.397 e. The molecule has 0 aliphatic rings. The van der Waals surface area contributed by atoms with Crippen LogP contribution in [0.25, 0.3) is 0 Å². The number of hydrogen-bond acceptors (Lipinski definition) is 3. The third-order valence-electron chi connectivity index (χ3n) is 3.72. The van der Waals surface area contributed by atoms with Crippen LogP contribution in [0, 0.1) is 0 Å². The van der Waals surface area contributed by atoms with Gasteiger partial charge >= 0.3 is 10.4 Å². The van der Waals surface area contributed by atoms with E-state index in [1.807, 2.05) is 6.08 Å². The van der Waals surface area contributed by atoms with Crippen LogP contribution in [0.4, 0.5) is 0 Å². The van der Waals surface area contributed by atoms with Crippen molar-refractivity contribution in [3.05, 3.63) is 12.7 Å². The molecule has 0 aliphatic heterocycles. The summed E-state index contributed by atoms with van der Waals surface area (Å²) in [6.45, 7) is 6.04. The molecular weight excluding hydrogens is 312 g/mol. The molecule has 0 aliphatic carbocycles. The van der Waals surface area contributed by atoms with Gasteiger partial charge in [0.25, 0.3) is 0 Å². The predicted octanol–water partition coefficient (Wildman–Crippen LogP) is 6.09. The Kier molecular flexibility index (Phi) is 21.2. The Balaban J connectivity index is 0. The second-order valence-corrected chi connectivity index (χ2v) is 7.10. The minimum atomic E-state index is -4.16. The molecule has 0 radical (unpaired) electrons. The molecule has 0 heterocycles. The molecule has 0 rings (SSSR count). The van der Waals surface area contributed by atoms with Gasteiger partial charge in [-0.1, -0.05) is 90.0 Å². The lowest BCUT2D eigenvalue weighted by molar-refractivity contribution is 0.324. The van der Waals surface area contributed by atoms with E-state index in [0.717, 1.165) is 7.11 Å². The van der Waals surface area contributed by atoms with E-state index in [0.29, 0.717) is 0 Å². The van der Waals surface area contributed by atoms with Crippen molar-refractivity contribution in [2.24, 2.45) is 0 Å². The molecule has 0 saturated heterocycles. The summed E-state index contributed by atoms with van der Waals surface area (Å²) in [5, 5.41) is 0. The summed E-state index contributed by atoms with van der Waals surface area (Å²) in [4.78, 5) is 0. The van der Waals surface area contributed by atoms with E-state index in [2.05, 4.69) is 17.7 Å². The van der Waals surface area contributed by atoms with Crippen LogP contribution in [0.3, 0.4) is 0 Å². The zero-order valence-corrected chi connectivity index (χ0v) is 16.1. The molecule has 0 fully saturated rings. The molecule has 0 saturated carbocycles. The zero-order valence-electron chi connectivity index (χ0n) is 15.3. The Hall–Kier alpha value is -0.390. The van der Waals surface area contributed by atoms with Crippen LogP contribution in [0.5, 0.6) is 0 Å². The lowest BCUT2D eigenvalue weighted by Crippen LogP contribution is -1.96. The first-order valence-corrected chi connectivity index (χ1v) is 10.5. The van der Waals surface area contributed by atoms with E-state index in [9.17, 15) is 8.42 Å². The molecule has 23 heavy (non-hydrogen) atoms. The van der Waals surface area contributed by atoms with E-state index in [1.165, 1.54) is 89.9 Å². The first kappa shape index (κ1) is 24.9. The van der Waals surface area contributed by atoms with Gasteiger partial charge in [-0.2, -0.15) is 8.42 Å². The van der Waals surface area contributed by atoms with Gasteiger partial charge in [0.2, 0.25) is 0 Å². The fourth-order valence-corrected chi connectivity index (χ4v) is 2.31. The van der Waals surface area contributed by atoms with Crippen LogP contribution in [0.15, 0.2) is 12.7 Å². The zero-order chi connectivity index (χ0) is 17.8. The molecule has 0 aromatic rings. The molecular formula is C18H38O4S. The van der Waals surface area contributed by atoms with Gasteiger partial charge in [-0.05, 0) is 12.8 Å². The van der Waals surface area contributed by atoms with Gasteiger partial charge in [0.05, 0.1) is 7.11 Å². The summed E-state index contributed by atoms with van der Waals surface area (Å²) in [5.74, 6) is 0. The summed E-state index contributed by atoms with van der Waals surface area (Å²) in [6.07, 6.45) is 22.0. The van der Waals surface area contributed by atoms with Gasteiger partial charge in [-0.3, -0.25) is 8.74 Å². The quantitative estimate of drug-likeness (QED) is 0.220. The maximum absolute atomic E-state index is 9.33. The Labute approximate surface area is 144 Å². The van der Waals surface area contributed by atoms with E-state index in [-0.39, 0.29) is 0 Å².